The number of fused-ring (bicyclic) bond motifs is 4. The van der Waals surface area contributed by atoms with Crippen molar-refractivity contribution in [3.63, 3.8) is 0 Å². The molecule has 6 heteroatoms. The number of nitrogens with two attached hydrogens (primary N) is 1. The number of aryl methyl sites for hydroxylation is 3. The highest BCUT2D eigenvalue weighted by atomic mass is 16.5. The summed E-state index contributed by atoms with van der Waals surface area (Å²) in [4.78, 5) is 25.8. The van der Waals surface area contributed by atoms with E-state index < -0.39 is 0 Å². The van der Waals surface area contributed by atoms with Gasteiger partial charge in [0.05, 0.1) is 17.1 Å². The third kappa shape index (κ3) is 2.10. The second-order valence-electron chi connectivity index (χ2n) is 7.76. The maximum absolute atomic E-state index is 13.0. The van der Waals surface area contributed by atoms with Crippen LogP contribution in [-0.2, 0) is 19.9 Å². The Balaban J connectivity index is 2.06. The molecule has 2 N–H and O–H groups in total. The highest BCUT2D eigenvalue weighted by molar-refractivity contribution is 6.05. The average Bonchev–Trinajstić information content (AvgIpc) is 2.68. The third-order valence-corrected chi connectivity index (χ3v) is 6.22. The lowest BCUT2D eigenvalue weighted by molar-refractivity contribution is 0.239. The predicted molar refractivity (Wildman–Crippen MR) is 106 cm³/mol. The molecule has 0 radical (unpaired) electrons. The lowest BCUT2D eigenvalue weighted by atomic mass is 9.88. The van der Waals surface area contributed by atoms with Crippen molar-refractivity contribution in [1.82, 2.24) is 9.13 Å². The highest BCUT2D eigenvalue weighted by Gasteiger charge is 2.29. The Bertz CT molecular complexity index is 1240. The van der Waals surface area contributed by atoms with E-state index in [2.05, 4.69) is 6.07 Å². The molecule has 3 aromatic rings. The van der Waals surface area contributed by atoms with Crippen molar-refractivity contribution < 1.29 is 4.74 Å². The monoisotopic (exact) mass is 365 g/mol. The Hall–Kier alpha value is -2.60. The third-order valence-electron chi connectivity index (χ3n) is 6.22. The number of hydrogen-bond acceptors (Lipinski definition) is 4. The molecule has 140 valence electrons. The Labute approximate surface area is 156 Å². The molecule has 1 aliphatic carbocycles. The van der Waals surface area contributed by atoms with E-state index in [1.807, 2.05) is 6.92 Å². The van der Waals surface area contributed by atoms with E-state index in [4.69, 9.17) is 10.5 Å². The van der Waals surface area contributed by atoms with E-state index in [9.17, 15) is 9.59 Å². The van der Waals surface area contributed by atoms with E-state index in [0.29, 0.717) is 18.9 Å². The smallest absolute Gasteiger partial charge is 0.254 e. The van der Waals surface area contributed by atoms with E-state index in [-0.39, 0.29) is 17.2 Å². The molecule has 0 amide bonds. The predicted octanol–water partition coefficient (Wildman–Crippen LogP) is 1.93. The zero-order valence-corrected chi connectivity index (χ0v) is 15.7. The number of rotatable bonds is 1. The summed E-state index contributed by atoms with van der Waals surface area (Å²) in [5.41, 5.74) is 10.5. The standard InChI is InChI=1S/C21H23N3O3/c1-11-7-17(25)24-12(9-22)10-27-20-18-16(8-15(11)19(20)24)13-5-3-4-6-14(13)21(26)23(18)2/h7-8,12H,3-6,9-10,22H2,1-2H3/t12-/m0/s1. The number of pyridine rings is 2. The largest absolute Gasteiger partial charge is 0.487 e. The van der Waals surface area contributed by atoms with Gasteiger partial charge in [0, 0.05) is 36.0 Å². The summed E-state index contributed by atoms with van der Waals surface area (Å²) in [5.74, 6) is 0.640. The lowest BCUT2D eigenvalue weighted by Crippen LogP contribution is -2.37. The van der Waals surface area contributed by atoms with E-state index in [0.717, 1.165) is 64.2 Å². The summed E-state index contributed by atoms with van der Waals surface area (Å²) >= 11 is 0. The zero-order valence-electron chi connectivity index (χ0n) is 15.7. The number of aromatic nitrogens is 2. The molecule has 0 bridgehead atoms. The van der Waals surface area contributed by atoms with Crippen molar-refractivity contribution in [2.24, 2.45) is 12.8 Å². The van der Waals surface area contributed by atoms with Crippen LogP contribution >= 0.6 is 0 Å². The fourth-order valence-electron chi connectivity index (χ4n) is 4.85. The Morgan fingerprint density at radius 3 is 2.59 bits per heavy atom. The quantitative estimate of drug-likeness (QED) is 0.669. The first-order valence-electron chi connectivity index (χ1n) is 9.59. The molecule has 0 fully saturated rings. The molecule has 1 atom stereocenters. The van der Waals surface area contributed by atoms with Gasteiger partial charge in [0.15, 0.2) is 5.75 Å². The van der Waals surface area contributed by atoms with E-state index in [1.54, 1.807) is 22.2 Å². The first kappa shape index (κ1) is 16.6. The summed E-state index contributed by atoms with van der Waals surface area (Å²) in [6.07, 6.45) is 3.90. The van der Waals surface area contributed by atoms with E-state index in [1.165, 1.54) is 0 Å². The van der Waals surface area contributed by atoms with Crippen LogP contribution in [0.5, 0.6) is 5.75 Å². The summed E-state index contributed by atoms with van der Waals surface area (Å²) in [5, 5.41) is 2.08. The molecule has 1 aliphatic heterocycles. The van der Waals surface area contributed by atoms with E-state index >= 15 is 0 Å². The maximum Gasteiger partial charge on any atom is 0.254 e. The van der Waals surface area contributed by atoms with Crippen molar-refractivity contribution >= 4 is 21.8 Å². The molecule has 3 heterocycles. The molecule has 2 aromatic heterocycles. The molecule has 6 nitrogen and oxygen atoms in total. The highest BCUT2D eigenvalue weighted by Crippen LogP contribution is 2.41. The van der Waals surface area contributed by atoms with Gasteiger partial charge >= 0.3 is 0 Å². The fraction of sp³-hybridized carbons (Fsp3) is 0.429. The van der Waals surface area contributed by atoms with Gasteiger partial charge in [-0.25, -0.2) is 0 Å². The fourth-order valence-corrected chi connectivity index (χ4v) is 4.85. The van der Waals surface area contributed by atoms with Crippen LogP contribution in [0, 0.1) is 6.92 Å². The molecule has 5 rings (SSSR count). The normalized spacial score (nSPS) is 18.6. The molecule has 2 aliphatic rings. The van der Waals surface area contributed by atoms with Crippen LogP contribution in [0.1, 0.15) is 35.6 Å². The van der Waals surface area contributed by atoms with Crippen molar-refractivity contribution in [2.75, 3.05) is 13.2 Å². The zero-order chi connectivity index (χ0) is 18.9. The first-order chi connectivity index (χ1) is 13.0. The van der Waals surface area contributed by atoms with Gasteiger partial charge in [-0.3, -0.25) is 14.2 Å². The molecular weight excluding hydrogens is 342 g/mol. The van der Waals surface area contributed by atoms with Crippen LogP contribution in [0.15, 0.2) is 21.7 Å². The second-order valence-corrected chi connectivity index (χ2v) is 7.76. The molecule has 27 heavy (non-hydrogen) atoms. The molecule has 0 spiro atoms. The number of hydrogen-bond donors (Lipinski definition) is 1. The van der Waals surface area contributed by atoms with Crippen LogP contribution < -0.4 is 21.6 Å². The minimum atomic E-state index is -0.194. The minimum Gasteiger partial charge on any atom is -0.487 e. The summed E-state index contributed by atoms with van der Waals surface area (Å²) in [6, 6.07) is 3.63. The molecule has 0 saturated carbocycles. The molecule has 1 aromatic carbocycles. The average molecular weight is 365 g/mol. The Morgan fingerprint density at radius 2 is 1.85 bits per heavy atom. The SMILES string of the molecule is Cc1cc(=O)n2c3c(c4c(cc13)c1c(c(=O)n4C)CCCC1)OC[C@@H]2CN. The number of benzene rings is 1. The van der Waals surface area contributed by atoms with Gasteiger partial charge in [0.25, 0.3) is 11.1 Å². The van der Waals surface area contributed by atoms with Gasteiger partial charge < -0.3 is 15.0 Å². The maximum atomic E-state index is 13.0. The topological polar surface area (TPSA) is 79.2 Å². The van der Waals surface area contributed by atoms with Crippen LogP contribution in [0.4, 0.5) is 0 Å². The first-order valence-corrected chi connectivity index (χ1v) is 9.59. The summed E-state index contributed by atoms with van der Waals surface area (Å²) in [7, 11) is 1.80. The molecular formula is C21H23N3O3. The van der Waals surface area contributed by atoms with Gasteiger partial charge in [-0.1, -0.05) is 0 Å². The van der Waals surface area contributed by atoms with Gasteiger partial charge in [-0.15, -0.1) is 0 Å². The summed E-state index contributed by atoms with van der Waals surface area (Å²) in [6.45, 7) is 2.63. The van der Waals surface area contributed by atoms with Crippen LogP contribution in [0.3, 0.4) is 0 Å². The minimum absolute atomic E-state index is 0.0545. The Morgan fingerprint density at radius 1 is 1.11 bits per heavy atom. The van der Waals surface area contributed by atoms with Crippen LogP contribution in [-0.4, -0.2) is 22.3 Å². The second kappa shape index (κ2) is 5.70. The lowest BCUT2D eigenvalue weighted by Gasteiger charge is -2.30. The molecule has 0 saturated heterocycles. The summed E-state index contributed by atoms with van der Waals surface area (Å²) < 4.78 is 9.61. The van der Waals surface area contributed by atoms with Gasteiger partial charge in [-0.2, -0.15) is 0 Å². The number of ether oxygens (including phenoxy) is 1. The van der Waals surface area contributed by atoms with Crippen LogP contribution in [0.2, 0.25) is 0 Å². The van der Waals surface area contributed by atoms with Gasteiger partial charge in [0.1, 0.15) is 6.61 Å². The van der Waals surface area contributed by atoms with Crippen molar-refractivity contribution in [3.8, 4) is 5.75 Å². The van der Waals surface area contributed by atoms with Gasteiger partial charge in [-0.05, 0) is 49.8 Å². The van der Waals surface area contributed by atoms with Crippen LogP contribution in [0.25, 0.3) is 21.8 Å². The van der Waals surface area contributed by atoms with Crippen molar-refractivity contribution in [2.45, 2.75) is 38.6 Å². The van der Waals surface area contributed by atoms with Gasteiger partial charge in [0.2, 0.25) is 0 Å². The van der Waals surface area contributed by atoms with Crippen molar-refractivity contribution in [1.29, 1.82) is 0 Å². The van der Waals surface area contributed by atoms with Crippen molar-refractivity contribution in [3.05, 3.63) is 49.5 Å². The molecule has 0 unspecified atom stereocenters. The number of nitrogens with zero attached hydrogens (tertiary/aromatic N) is 2. The Kier molecular flexibility index (Phi) is 3.49.